The van der Waals surface area contributed by atoms with Crippen molar-refractivity contribution in [3.05, 3.63) is 29.8 Å². The number of anilines is 1. The van der Waals surface area contributed by atoms with Crippen molar-refractivity contribution in [3.63, 3.8) is 0 Å². The first-order valence-corrected chi connectivity index (χ1v) is 10.3. The van der Waals surface area contributed by atoms with Crippen molar-refractivity contribution in [1.82, 2.24) is 10.6 Å². The molecule has 1 aromatic carbocycles. The van der Waals surface area contributed by atoms with Gasteiger partial charge in [0.2, 0.25) is 11.8 Å². The highest BCUT2D eigenvalue weighted by Gasteiger charge is 2.39. The minimum Gasteiger partial charge on any atom is -0.440 e. The van der Waals surface area contributed by atoms with Gasteiger partial charge in [0.1, 0.15) is 5.58 Å². The highest BCUT2D eigenvalue weighted by Crippen LogP contribution is 2.30. The van der Waals surface area contributed by atoms with Gasteiger partial charge in [0.05, 0.1) is 5.75 Å². The van der Waals surface area contributed by atoms with E-state index in [0.29, 0.717) is 41.4 Å². The molecule has 136 valence electrons. The number of fused-ring (bicyclic) bond motifs is 3. The van der Waals surface area contributed by atoms with Gasteiger partial charge in [0.15, 0.2) is 0 Å². The highest BCUT2D eigenvalue weighted by molar-refractivity contribution is 8.00. The Balaban J connectivity index is 1.36. The number of hydrogen-bond acceptors (Lipinski definition) is 5. The van der Waals surface area contributed by atoms with Crippen molar-refractivity contribution in [2.75, 3.05) is 23.0 Å². The molecule has 0 spiro atoms. The lowest BCUT2D eigenvalue weighted by Crippen LogP contribution is -2.42. The first-order valence-electron chi connectivity index (χ1n) is 9.16. The first kappa shape index (κ1) is 16.2. The van der Waals surface area contributed by atoms with E-state index in [1.807, 2.05) is 18.2 Å². The second-order valence-corrected chi connectivity index (χ2v) is 8.40. The van der Waals surface area contributed by atoms with Gasteiger partial charge >= 0.3 is 0 Å². The first-order chi connectivity index (χ1) is 12.7. The van der Waals surface area contributed by atoms with Crippen LogP contribution in [0.4, 0.5) is 5.88 Å². The monoisotopic (exact) mass is 371 g/mol. The molecule has 2 bridgehead atoms. The van der Waals surface area contributed by atoms with Crippen LogP contribution >= 0.6 is 11.8 Å². The normalized spacial score (nSPS) is 28.1. The van der Waals surface area contributed by atoms with Crippen molar-refractivity contribution >= 4 is 40.4 Å². The molecule has 2 N–H and O–H groups in total. The number of rotatable bonds is 3. The average molecular weight is 371 g/mol. The number of hydrogen-bond donors (Lipinski definition) is 2. The summed E-state index contributed by atoms with van der Waals surface area (Å²) in [7, 11) is 0. The summed E-state index contributed by atoms with van der Waals surface area (Å²) >= 11 is 1.64. The molecule has 3 atom stereocenters. The minimum absolute atomic E-state index is 0.0422. The zero-order valence-electron chi connectivity index (χ0n) is 14.4. The number of nitrogens with zero attached hydrogens (tertiary/aromatic N) is 1. The SMILES string of the molecule is O=C(N[C@@H]1C[C@H]2CC[C@@H]1N2)c1ccc2oc(N3CCSCC3=O)cc2c1. The Labute approximate surface area is 155 Å². The molecule has 3 saturated heterocycles. The van der Waals surface area contributed by atoms with Gasteiger partial charge in [-0.2, -0.15) is 11.8 Å². The largest absolute Gasteiger partial charge is 0.440 e. The molecule has 6 nitrogen and oxygen atoms in total. The summed E-state index contributed by atoms with van der Waals surface area (Å²) in [4.78, 5) is 26.4. The smallest absolute Gasteiger partial charge is 0.251 e. The van der Waals surface area contributed by atoms with E-state index in [2.05, 4.69) is 10.6 Å². The van der Waals surface area contributed by atoms with Gasteiger partial charge in [-0.25, -0.2) is 0 Å². The van der Waals surface area contributed by atoms with Crippen LogP contribution in [0, 0.1) is 0 Å². The lowest BCUT2D eigenvalue weighted by molar-refractivity contribution is -0.116. The van der Waals surface area contributed by atoms with E-state index in [1.54, 1.807) is 22.7 Å². The summed E-state index contributed by atoms with van der Waals surface area (Å²) in [5.74, 6) is 2.00. The van der Waals surface area contributed by atoms with Crippen LogP contribution in [0.2, 0.25) is 0 Å². The third-order valence-electron chi connectivity index (χ3n) is 5.63. The third kappa shape index (κ3) is 2.79. The third-order valence-corrected chi connectivity index (χ3v) is 6.56. The van der Waals surface area contributed by atoms with E-state index < -0.39 is 0 Å². The molecule has 5 rings (SSSR count). The topological polar surface area (TPSA) is 74.6 Å². The summed E-state index contributed by atoms with van der Waals surface area (Å²) < 4.78 is 5.84. The van der Waals surface area contributed by atoms with E-state index in [1.165, 1.54) is 6.42 Å². The second kappa shape index (κ2) is 6.32. The summed E-state index contributed by atoms with van der Waals surface area (Å²) in [5, 5.41) is 7.56. The van der Waals surface area contributed by atoms with E-state index in [-0.39, 0.29) is 17.9 Å². The maximum Gasteiger partial charge on any atom is 0.251 e. The number of benzene rings is 1. The van der Waals surface area contributed by atoms with Crippen LogP contribution in [-0.4, -0.2) is 48.0 Å². The Morgan fingerprint density at radius 3 is 3.00 bits per heavy atom. The maximum atomic E-state index is 12.6. The van der Waals surface area contributed by atoms with Crippen molar-refractivity contribution < 1.29 is 14.0 Å². The Morgan fingerprint density at radius 1 is 1.31 bits per heavy atom. The van der Waals surface area contributed by atoms with Crippen LogP contribution in [-0.2, 0) is 4.79 Å². The lowest BCUT2D eigenvalue weighted by atomic mass is 9.95. The van der Waals surface area contributed by atoms with Crippen LogP contribution < -0.4 is 15.5 Å². The number of nitrogens with one attached hydrogen (secondary N) is 2. The Morgan fingerprint density at radius 2 is 2.23 bits per heavy atom. The predicted molar refractivity (Wildman–Crippen MR) is 102 cm³/mol. The molecule has 0 unspecified atom stereocenters. The Bertz CT molecular complexity index is 880. The molecule has 7 heteroatoms. The Hall–Kier alpha value is -1.99. The standard InChI is InChI=1S/C19H21N3O3S/c23-17-10-26-6-5-22(17)18-8-12-7-11(1-4-16(12)25-18)19(24)21-15-9-13-2-3-14(15)20-13/h1,4,7-8,13-15,20H,2-3,5-6,9-10H2,(H,21,24)/t13-,14+,15-/m1/s1. The van der Waals surface area contributed by atoms with Crippen LogP contribution in [0.1, 0.15) is 29.6 Å². The molecule has 3 fully saturated rings. The summed E-state index contributed by atoms with van der Waals surface area (Å²) in [6, 6.07) is 8.51. The molecule has 3 aliphatic rings. The average Bonchev–Trinajstić information content (AvgIpc) is 3.36. The van der Waals surface area contributed by atoms with Gasteiger partial charge in [0.25, 0.3) is 5.91 Å². The number of amides is 2. The minimum atomic E-state index is -0.0422. The van der Waals surface area contributed by atoms with E-state index >= 15 is 0 Å². The molecule has 1 aromatic heterocycles. The quantitative estimate of drug-likeness (QED) is 0.865. The number of carbonyl (C=O) groups is 2. The molecule has 2 amide bonds. The molecule has 0 aliphatic carbocycles. The van der Waals surface area contributed by atoms with Crippen LogP contribution in [0.5, 0.6) is 0 Å². The van der Waals surface area contributed by atoms with Gasteiger partial charge in [-0.15, -0.1) is 0 Å². The van der Waals surface area contributed by atoms with Gasteiger partial charge in [-0.05, 0) is 37.5 Å². The summed E-state index contributed by atoms with van der Waals surface area (Å²) in [6.45, 7) is 0.661. The van der Waals surface area contributed by atoms with Gasteiger partial charge < -0.3 is 15.1 Å². The fourth-order valence-electron chi connectivity index (χ4n) is 4.29. The fraction of sp³-hybridized carbons (Fsp3) is 0.474. The molecule has 0 radical (unpaired) electrons. The number of thioether (sulfide) groups is 1. The number of furan rings is 1. The summed E-state index contributed by atoms with van der Waals surface area (Å²) in [6.07, 6.45) is 3.38. The summed E-state index contributed by atoms with van der Waals surface area (Å²) in [5.41, 5.74) is 1.33. The van der Waals surface area contributed by atoms with Crippen molar-refractivity contribution in [2.45, 2.75) is 37.4 Å². The zero-order valence-corrected chi connectivity index (χ0v) is 15.2. The number of carbonyl (C=O) groups excluding carboxylic acids is 2. The van der Waals surface area contributed by atoms with Crippen molar-refractivity contribution in [2.24, 2.45) is 0 Å². The second-order valence-electron chi connectivity index (χ2n) is 7.30. The van der Waals surface area contributed by atoms with Crippen molar-refractivity contribution in [3.8, 4) is 0 Å². The fourth-order valence-corrected chi connectivity index (χ4v) is 5.08. The molecule has 3 aliphatic heterocycles. The van der Waals surface area contributed by atoms with E-state index in [4.69, 9.17) is 4.42 Å². The lowest BCUT2D eigenvalue weighted by Gasteiger charge is -2.23. The van der Waals surface area contributed by atoms with E-state index in [0.717, 1.165) is 24.0 Å². The molecule has 4 heterocycles. The molecular formula is C19H21N3O3S. The van der Waals surface area contributed by atoms with Crippen LogP contribution in [0.15, 0.2) is 28.7 Å². The predicted octanol–water partition coefficient (Wildman–Crippen LogP) is 2.14. The van der Waals surface area contributed by atoms with Crippen LogP contribution in [0.3, 0.4) is 0 Å². The van der Waals surface area contributed by atoms with Gasteiger partial charge in [0, 0.05) is 47.4 Å². The molecule has 2 aromatic rings. The van der Waals surface area contributed by atoms with Gasteiger partial charge in [-0.3, -0.25) is 14.5 Å². The van der Waals surface area contributed by atoms with E-state index in [9.17, 15) is 9.59 Å². The molecular weight excluding hydrogens is 350 g/mol. The highest BCUT2D eigenvalue weighted by atomic mass is 32.2. The maximum absolute atomic E-state index is 12.6. The zero-order chi connectivity index (χ0) is 17.7. The Kier molecular flexibility index (Phi) is 3.94. The van der Waals surface area contributed by atoms with Crippen molar-refractivity contribution in [1.29, 1.82) is 0 Å². The molecule has 0 saturated carbocycles. The van der Waals surface area contributed by atoms with Crippen LogP contribution in [0.25, 0.3) is 11.0 Å². The van der Waals surface area contributed by atoms with Gasteiger partial charge in [-0.1, -0.05) is 0 Å². The molecule has 26 heavy (non-hydrogen) atoms.